The van der Waals surface area contributed by atoms with Crippen molar-refractivity contribution in [3.8, 4) is 5.75 Å². The number of hydrogen-bond acceptors (Lipinski definition) is 5. The van der Waals surface area contributed by atoms with E-state index in [0.717, 1.165) is 11.3 Å². The fraction of sp³-hybridized carbons (Fsp3) is 0.200. The van der Waals surface area contributed by atoms with Crippen LogP contribution in [0.1, 0.15) is 35.4 Å². The van der Waals surface area contributed by atoms with Crippen LogP contribution in [0.2, 0.25) is 5.02 Å². The van der Waals surface area contributed by atoms with Crippen molar-refractivity contribution in [3.05, 3.63) is 86.6 Å². The highest BCUT2D eigenvalue weighted by Gasteiger charge is 2.47. The first-order valence-electron chi connectivity index (χ1n) is 10.3. The maximum atomic E-state index is 13.2. The van der Waals surface area contributed by atoms with E-state index in [0.29, 0.717) is 34.2 Å². The Morgan fingerprint density at radius 3 is 2.53 bits per heavy atom. The molecule has 32 heavy (non-hydrogen) atoms. The summed E-state index contributed by atoms with van der Waals surface area (Å²) in [7, 11) is 0. The molecule has 1 aliphatic rings. The van der Waals surface area contributed by atoms with Crippen LogP contribution in [0.15, 0.2) is 65.6 Å². The quantitative estimate of drug-likeness (QED) is 0.269. The van der Waals surface area contributed by atoms with Crippen LogP contribution < -0.4 is 9.64 Å². The van der Waals surface area contributed by atoms with Crippen molar-refractivity contribution in [3.63, 3.8) is 0 Å². The highest BCUT2D eigenvalue weighted by molar-refractivity contribution is 7.10. The Morgan fingerprint density at radius 2 is 1.88 bits per heavy atom. The van der Waals surface area contributed by atoms with E-state index in [1.807, 2.05) is 24.4 Å². The Hall–Kier alpha value is -3.09. The predicted octanol–water partition coefficient (Wildman–Crippen LogP) is 6.13. The lowest BCUT2D eigenvalue weighted by Gasteiger charge is -2.26. The Labute approximate surface area is 195 Å². The summed E-state index contributed by atoms with van der Waals surface area (Å²) in [5, 5.41) is 13.5. The number of ketones is 1. The molecule has 1 amide bonds. The van der Waals surface area contributed by atoms with Crippen molar-refractivity contribution >= 4 is 46.1 Å². The predicted molar refractivity (Wildman–Crippen MR) is 128 cm³/mol. The van der Waals surface area contributed by atoms with Gasteiger partial charge in [0.15, 0.2) is 0 Å². The Bertz CT molecular complexity index is 1190. The van der Waals surface area contributed by atoms with Crippen LogP contribution in [0, 0.1) is 6.92 Å². The largest absolute Gasteiger partial charge is 0.507 e. The van der Waals surface area contributed by atoms with Crippen molar-refractivity contribution < 1.29 is 19.4 Å². The molecule has 4 rings (SSSR count). The van der Waals surface area contributed by atoms with Crippen LogP contribution in [0.25, 0.3) is 5.76 Å². The number of halogens is 1. The van der Waals surface area contributed by atoms with E-state index in [1.165, 1.54) is 16.2 Å². The highest BCUT2D eigenvalue weighted by Crippen LogP contribution is 2.45. The van der Waals surface area contributed by atoms with E-state index in [9.17, 15) is 14.7 Å². The minimum atomic E-state index is -0.747. The Balaban J connectivity index is 1.84. The molecule has 1 unspecified atom stereocenters. The van der Waals surface area contributed by atoms with E-state index in [4.69, 9.17) is 16.3 Å². The summed E-state index contributed by atoms with van der Waals surface area (Å²) in [5.41, 5.74) is 1.73. The topological polar surface area (TPSA) is 66.8 Å². The molecule has 1 N–H and O–H groups in total. The lowest BCUT2D eigenvalue weighted by molar-refractivity contribution is -0.132. The van der Waals surface area contributed by atoms with Crippen molar-refractivity contribution in [2.24, 2.45) is 0 Å². The number of aliphatic hydroxyl groups is 1. The fourth-order valence-corrected chi connectivity index (χ4v) is 4.73. The second kappa shape index (κ2) is 9.18. The summed E-state index contributed by atoms with van der Waals surface area (Å²) in [6, 6.07) is 15.0. The van der Waals surface area contributed by atoms with Crippen LogP contribution >= 0.6 is 22.9 Å². The van der Waals surface area contributed by atoms with Gasteiger partial charge in [0.1, 0.15) is 17.6 Å². The summed E-state index contributed by atoms with van der Waals surface area (Å²) in [5.74, 6) is -0.969. The number of Topliss-reactive ketones (excluding diaryl/α,β-unsaturated/α-hetero) is 1. The molecule has 2 aromatic carbocycles. The molecule has 0 radical (unpaired) electrons. The smallest absolute Gasteiger partial charge is 0.300 e. The summed E-state index contributed by atoms with van der Waals surface area (Å²) in [4.78, 5) is 28.5. The van der Waals surface area contributed by atoms with E-state index < -0.39 is 17.7 Å². The van der Waals surface area contributed by atoms with Gasteiger partial charge in [-0.25, -0.2) is 0 Å². The van der Waals surface area contributed by atoms with Crippen molar-refractivity contribution in [2.45, 2.75) is 26.3 Å². The fourth-order valence-electron chi connectivity index (χ4n) is 3.74. The minimum absolute atomic E-state index is 0.0547. The summed E-state index contributed by atoms with van der Waals surface area (Å²) >= 11 is 7.72. The zero-order valence-corrected chi connectivity index (χ0v) is 19.2. The Morgan fingerprint density at radius 1 is 1.12 bits per heavy atom. The summed E-state index contributed by atoms with van der Waals surface area (Å²) < 4.78 is 5.60. The molecule has 1 saturated heterocycles. The number of carbonyl (C=O) groups is 2. The lowest BCUT2D eigenvalue weighted by atomic mass is 9.99. The second-order valence-electron chi connectivity index (χ2n) is 7.44. The average Bonchev–Trinajstić information content (AvgIpc) is 3.41. The van der Waals surface area contributed by atoms with Crippen molar-refractivity contribution in [2.75, 3.05) is 11.5 Å². The standard InChI is InChI=1S/C25H22ClNO4S/c1-3-13-31-17-11-9-16(10-12-17)23(28)21-22(20-8-5-14-32-20)27(25(30)24(21)29)19-7-4-6-18(26)15(19)2/h4-12,14,22,28H,3,13H2,1-2H3/b23-21-. The van der Waals surface area contributed by atoms with Gasteiger partial charge in [-0.2, -0.15) is 0 Å². The summed E-state index contributed by atoms with van der Waals surface area (Å²) in [6.07, 6.45) is 0.884. The van der Waals surface area contributed by atoms with Gasteiger partial charge in [0.2, 0.25) is 0 Å². The summed E-state index contributed by atoms with van der Waals surface area (Å²) in [6.45, 7) is 4.41. The number of benzene rings is 2. The second-order valence-corrected chi connectivity index (χ2v) is 8.83. The molecule has 0 saturated carbocycles. The van der Waals surface area contributed by atoms with Gasteiger partial charge in [-0.3, -0.25) is 14.5 Å². The maximum Gasteiger partial charge on any atom is 0.300 e. The molecule has 0 bridgehead atoms. The third-order valence-electron chi connectivity index (χ3n) is 5.36. The van der Waals surface area contributed by atoms with Gasteiger partial charge in [0.05, 0.1) is 12.2 Å². The van der Waals surface area contributed by atoms with Gasteiger partial charge in [-0.1, -0.05) is 30.7 Å². The molecule has 3 aromatic rings. The molecule has 164 valence electrons. The molecular weight excluding hydrogens is 446 g/mol. The van der Waals surface area contributed by atoms with Crippen molar-refractivity contribution in [1.82, 2.24) is 0 Å². The van der Waals surface area contributed by atoms with E-state index >= 15 is 0 Å². The zero-order chi connectivity index (χ0) is 22.8. The number of amides is 1. The van der Waals surface area contributed by atoms with Crippen LogP contribution in [0.5, 0.6) is 5.75 Å². The first-order valence-corrected chi connectivity index (χ1v) is 11.5. The highest BCUT2D eigenvalue weighted by atomic mass is 35.5. The number of anilines is 1. The molecule has 1 atom stereocenters. The SMILES string of the molecule is CCCOc1ccc(/C(O)=C2/C(=O)C(=O)N(c3cccc(Cl)c3C)C2c2cccs2)cc1. The van der Waals surface area contributed by atoms with Gasteiger partial charge >= 0.3 is 0 Å². The third kappa shape index (κ3) is 3.92. The van der Waals surface area contributed by atoms with Crippen LogP contribution in [-0.2, 0) is 9.59 Å². The molecule has 1 fully saturated rings. The first kappa shape index (κ1) is 22.1. The number of ether oxygens (including phenoxy) is 1. The Kier molecular flexibility index (Phi) is 6.35. The first-order chi connectivity index (χ1) is 15.4. The van der Waals surface area contributed by atoms with Crippen LogP contribution in [-0.4, -0.2) is 23.4 Å². The number of nitrogens with zero attached hydrogens (tertiary/aromatic N) is 1. The molecular formula is C25H22ClNO4S. The van der Waals surface area contributed by atoms with E-state index in [-0.39, 0.29) is 11.3 Å². The number of aliphatic hydroxyl groups excluding tert-OH is 1. The zero-order valence-electron chi connectivity index (χ0n) is 17.7. The normalized spacial score (nSPS) is 17.7. The van der Waals surface area contributed by atoms with Crippen molar-refractivity contribution in [1.29, 1.82) is 0 Å². The number of thiophene rings is 1. The molecule has 0 spiro atoms. The molecule has 7 heteroatoms. The van der Waals surface area contributed by atoms with E-state index in [2.05, 4.69) is 0 Å². The molecule has 1 aliphatic heterocycles. The molecule has 5 nitrogen and oxygen atoms in total. The maximum absolute atomic E-state index is 13.2. The van der Waals surface area contributed by atoms with Gasteiger partial charge in [-0.15, -0.1) is 11.3 Å². The van der Waals surface area contributed by atoms with E-state index in [1.54, 1.807) is 49.4 Å². The lowest BCUT2D eigenvalue weighted by Crippen LogP contribution is -2.29. The molecule has 0 aliphatic carbocycles. The van der Waals surface area contributed by atoms with Gasteiger partial charge in [0, 0.05) is 21.2 Å². The molecule has 2 heterocycles. The number of hydrogen-bond donors (Lipinski definition) is 1. The molecule has 1 aromatic heterocycles. The van der Waals surface area contributed by atoms with Gasteiger partial charge in [0.25, 0.3) is 11.7 Å². The monoisotopic (exact) mass is 467 g/mol. The van der Waals surface area contributed by atoms with Crippen LogP contribution in [0.3, 0.4) is 0 Å². The number of carbonyl (C=O) groups excluding carboxylic acids is 2. The van der Waals surface area contributed by atoms with Gasteiger partial charge < -0.3 is 9.84 Å². The third-order valence-corrected chi connectivity index (χ3v) is 6.69. The average molecular weight is 468 g/mol. The number of rotatable bonds is 6. The van der Waals surface area contributed by atoms with Gasteiger partial charge in [-0.05, 0) is 66.8 Å². The van der Waals surface area contributed by atoms with Crippen LogP contribution in [0.4, 0.5) is 5.69 Å². The minimum Gasteiger partial charge on any atom is -0.507 e.